The average Bonchev–Trinajstić information content (AvgIpc) is 2.82. The Morgan fingerprint density at radius 1 is 1.47 bits per heavy atom. The van der Waals surface area contributed by atoms with Gasteiger partial charge in [0.1, 0.15) is 5.82 Å². The molecule has 0 radical (unpaired) electrons. The Labute approximate surface area is 106 Å². The van der Waals surface area contributed by atoms with E-state index in [0.717, 1.165) is 31.6 Å². The summed E-state index contributed by atoms with van der Waals surface area (Å²) in [5, 5.41) is 3.87. The minimum atomic E-state index is -0.245. The van der Waals surface area contributed by atoms with Crippen molar-refractivity contribution in [2.75, 3.05) is 13.2 Å². The van der Waals surface area contributed by atoms with Gasteiger partial charge in [-0.2, -0.15) is 0 Å². The zero-order chi connectivity index (χ0) is 12.1. The fraction of sp³-hybridized carbons (Fsp3) is 0.538. The van der Waals surface area contributed by atoms with Gasteiger partial charge in [-0.1, -0.05) is 11.6 Å². The largest absolute Gasteiger partial charge is 0.378 e. The van der Waals surface area contributed by atoms with Gasteiger partial charge in [0, 0.05) is 18.2 Å². The Morgan fingerprint density at radius 2 is 2.35 bits per heavy atom. The topological polar surface area (TPSA) is 21.3 Å². The molecule has 1 aliphatic heterocycles. The van der Waals surface area contributed by atoms with Crippen molar-refractivity contribution in [2.45, 2.75) is 31.9 Å². The van der Waals surface area contributed by atoms with Gasteiger partial charge in [-0.15, -0.1) is 0 Å². The maximum Gasteiger partial charge on any atom is 0.123 e. The maximum atomic E-state index is 13.0. The third kappa shape index (κ3) is 3.95. The van der Waals surface area contributed by atoms with Crippen LogP contribution in [0.2, 0.25) is 5.02 Å². The zero-order valence-electron chi connectivity index (χ0n) is 9.72. The van der Waals surface area contributed by atoms with Crippen LogP contribution in [-0.4, -0.2) is 19.3 Å². The van der Waals surface area contributed by atoms with Crippen molar-refractivity contribution >= 4 is 11.6 Å². The molecule has 1 aromatic rings. The molecule has 17 heavy (non-hydrogen) atoms. The van der Waals surface area contributed by atoms with Crippen molar-refractivity contribution in [1.29, 1.82) is 0 Å². The average molecular weight is 258 g/mol. The highest BCUT2D eigenvalue weighted by Gasteiger charge is 2.14. The van der Waals surface area contributed by atoms with E-state index in [1.165, 1.54) is 18.6 Å². The van der Waals surface area contributed by atoms with Gasteiger partial charge < -0.3 is 10.1 Å². The normalized spacial score (nSPS) is 19.8. The number of hydrogen-bond acceptors (Lipinski definition) is 2. The van der Waals surface area contributed by atoms with Gasteiger partial charge in [0.2, 0.25) is 0 Å². The first-order valence-electron chi connectivity index (χ1n) is 6.02. The van der Waals surface area contributed by atoms with Crippen LogP contribution in [0.5, 0.6) is 0 Å². The van der Waals surface area contributed by atoms with Gasteiger partial charge in [-0.05, 0) is 49.6 Å². The molecule has 0 amide bonds. The lowest BCUT2D eigenvalue weighted by molar-refractivity contribution is 0.104. The predicted molar refractivity (Wildman–Crippen MR) is 66.7 cm³/mol. The second-order valence-electron chi connectivity index (χ2n) is 4.34. The summed E-state index contributed by atoms with van der Waals surface area (Å²) in [4.78, 5) is 0. The van der Waals surface area contributed by atoms with Gasteiger partial charge in [-0.25, -0.2) is 4.39 Å². The monoisotopic (exact) mass is 257 g/mol. The third-order valence-electron chi connectivity index (χ3n) is 2.99. The van der Waals surface area contributed by atoms with Crippen LogP contribution < -0.4 is 5.32 Å². The minimum absolute atomic E-state index is 0.245. The second-order valence-corrected chi connectivity index (χ2v) is 4.74. The van der Waals surface area contributed by atoms with E-state index in [1.807, 2.05) is 0 Å². The first-order chi connectivity index (χ1) is 8.25. The first kappa shape index (κ1) is 12.8. The van der Waals surface area contributed by atoms with E-state index in [1.54, 1.807) is 6.07 Å². The summed E-state index contributed by atoms with van der Waals surface area (Å²) in [5.41, 5.74) is 0.805. The lowest BCUT2D eigenvalue weighted by Gasteiger charge is -2.10. The molecule has 94 valence electrons. The van der Waals surface area contributed by atoms with E-state index in [-0.39, 0.29) is 5.82 Å². The molecule has 1 aromatic carbocycles. The predicted octanol–water partition coefficient (Wildman–Crippen LogP) is 3.14. The van der Waals surface area contributed by atoms with Crippen LogP contribution in [0.25, 0.3) is 0 Å². The van der Waals surface area contributed by atoms with Crippen molar-refractivity contribution < 1.29 is 9.13 Å². The van der Waals surface area contributed by atoms with E-state index in [4.69, 9.17) is 16.3 Å². The number of halogens is 2. The van der Waals surface area contributed by atoms with Crippen LogP contribution in [0.3, 0.4) is 0 Å². The molecule has 0 aliphatic carbocycles. The van der Waals surface area contributed by atoms with Gasteiger partial charge in [0.05, 0.1) is 6.10 Å². The second kappa shape index (κ2) is 6.34. The SMILES string of the molecule is Fc1ccc(Cl)c(CNCCC2CCCO2)c1. The molecule has 4 heteroatoms. The molecule has 2 nitrogen and oxygen atoms in total. The molecule has 1 aliphatic rings. The van der Waals surface area contributed by atoms with Gasteiger partial charge in [-0.3, -0.25) is 0 Å². The molecular weight excluding hydrogens is 241 g/mol. The first-order valence-corrected chi connectivity index (χ1v) is 6.40. The Bertz CT molecular complexity index is 366. The molecule has 1 heterocycles. The summed E-state index contributed by atoms with van der Waals surface area (Å²) in [6.07, 6.45) is 3.72. The molecule has 2 rings (SSSR count). The molecule has 0 saturated carbocycles. The van der Waals surface area contributed by atoms with E-state index >= 15 is 0 Å². The summed E-state index contributed by atoms with van der Waals surface area (Å²) in [6.45, 7) is 2.36. The Hall–Kier alpha value is -0.640. The molecule has 0 spiro atoms. The molecule has 1 N–H and O–H groups in total. The molecular formula is C13H17ClFNO. The smallest absolute Gasteiger partial charge is 0.123 e. The molecule has 0 bridgehead atoms. The highest BCUT2D eigenvalue weighted by atomic mass is 35.5. The Kier molecular flexibility index (Phi) is 4.77. The van der Waals surface area contributed by atoms with Crippen LogP contribution >= 0.6 is 11.6 Å². The maximum absolute atomic E-state index is 13.0. The van der Waals surface area contributed by atoms with Crippen molar-refractivity contribution in [3.63, 3.8) is 0 Å². The van der Waals surface area contributed by atoms with Crippen molar-refractivity contribution in [2.24, 2.45) is 0 Å². The van der Waals surface area contributed by atoms with Gasteiger partial charge in [0.15, 0.2) is 0 Å². The molecule has 1 fully saturated rings. The lowest BCUT2D eigenvalue weighted by atomic mass is 10.2. The number of ether oxygens (including phenoxy) is 1. The van der Waals surface area contributed by atoms with Crippen LogP contribution in [0, 0.1) is 5.82 Å². The van der Waals surface area contributed by atoms with Crippen LogP contribution in [0.15, 0.2) is 18.2 Å². The minimum Gasteiger partial charge on any atom is -0.378 e. The summed E-state index contributed by atoms with van der Waals surface area (Å²) in [6, 6.07) is 4.44. The van der Waals surface area contributed by atoms with Crippen molar-refractivity contribution in [3.05, 3.63) is 34.6 Å². The van der Waals surface area contributed by atoms with Gasteiger partial charge >= 0.3 is 0 Å². The van der Waals surface area contributed by atoms with Crippen LogP contribution in [0.4, 0.5) is 4.39 Å². The standard InChI is InChI=1S/C13H17ClFNO/c14-13-4-3-11(15)8-10(13)9-16-6-5-12-2-1-7-17-12/h3-4,8,12,16H,1-2,5-7,9H2. The number of nitrogens with one attached hydrogen (secondary N) is 1. The molecule has 1 saturated heterocycles. The molecule has 1 unspecified atom stereocenters. The van der Waals surface area contributed by atoms with Crippen LogP contribution in [-0.2, 0) is 11.3 Å². The lowest BCUT2D eigenvalue weighted by Crippen LogP contribution is -2.20. The Balaban J connectivity index is 1.72. The molecule has 0 aromatic heterocycles. The van der Waals surface area contributed by atoms with E-state index < -0.39 is 0 Å². The van der Waals surface area contributed by atoms with Gasteiger partial charge in [0.25, 0.3) is 0 Å². The Morgan fingerprint density at radius 3 is 3.12 bits per heavy atom. The number of benzene rings is 1. The fourth-order valence-corrected chi connectivity index (χ4v) is 2.22. The highest BCUT2D eigenvalue weighted by molar-refractivity contribution is 6.31. The van der Waals surface area contributed by atoms with E-state index in [0.29, 0.717) is 17.7 Å². The third-order valence-corrected chi connectivity index (χ3v) is 3.36. The summed E-state index contributed by atoms with van der Waals surface area (Å²) < 4.78 is 18.5. The number of rotatable bonds is 5. The van der Waals surface area contributed by atoms with Crippen LogP contribution in [0.1, 0.15) is 24.8 Å². The fourth-order valence-electron chi connectivity index (χ4n) is 2.04. The summed E-state index contributed by atoms with van der Waals surface area (Å²) >= 11 is 5.97. The van der Waals surface area contributed by atoms with E-state index in [9.17, 15) is 4.39 Å². The van der Waals surface area contributed by atoms with Crippen molar-refractivity contribution in [1.82, 2.24) is 5.32 Å². The summed E-state index contributed by atoms with van der Waals surface area (Å²) in [7, 11) is 0. The summed E-state index contributed by atoms with van der Waals surface area (Å²) in [5.74, 6) is -0.245. The number of hydrogen-bond donors (Lipinski definition) is 1. The quantitative estimate of drug-likeness (QED) is 0.819. The van der Waals surface area contributed by atoms with Crippen molar-refractivity contribution in [3.8, 4) is 0 Å². The molecule has 1 atom stereocenters. The van der Waals surface area contributed by atoms with E-state index in [2.05, 4.69) is 5.32 Å². The highest BCUT2D eigenvalue weighted by Crippen LogP contribution is 2.17. The zero-order valence-corrected chi connectivity index (χ0v) is 10.5.